The van der Waals surface area contributed by atoms with E-state index in [1.807, 2.05) is 43.0 Å². The molecule has 102 valence electrons. The van der Waals surface area contributed by atoms with E-state index < -0.39 is 0 Å². The predicted octanol–water partition coefficient (Wildman–Crippen LogP) is 2.26. The molecular weight excluding hydrogens is 236 g/mol. The van der Waals surface area contributed by atoms with E-state index in [1.165, 1.54) is 0 Å². The molecule has 19 heavy (non-hydrogen) atoms. The highest BCUT2D eigenvalue weighted by atomic mass is 16.2. The number of carbonyl (C=O) groups is 1. The van der Waals surface area contributed by atoms with Crippen molar-refractivity contribution in [1.82, 2.24) is 4.90 Å². The molecule has 0 unspecified atom stereocenters. The standard InChI is InChI=1S/C16H22N2O/c1-4-12-18(13(2)3)16(19)15-9-7-14(8-10-15)6-5-11-17/h7-10,13H,4,11-12,17H2,1-3H3. The lowest BCUT2D eigenvalue weighted by Crippen LogP contribution is -2.37. The van der Waals surface area contributed by atoms with Gasteiger partial charge in [-0.2, -0.15) is 0 Å². The average molecular weight is 258 g/mol. The number of amides is 1. The Bertz CT molecular complexity index is 466. The SMILES string of the molecule is CCCN(C(=O)c1ccc(C#CCN)cc1)C(C)C. The van der Waals surface area contributed by atoms with Gasteiger partial charge in [0.1, 0.15) is 0 Å². The molecule has 1 aromatic rings. The van der Waals surface area contributed by atoms with Crippen LogP contribution in [-0.2, 0) is 0 Å². The van der Waals surface area contributed by atoms with E-state index in [-0.39, 0.29) is 11.9 Å². The van der Waals surface area contributed by atoms with Gasteiger partial charge in [0.15, 0.2) is 0 Å². The molecule has 0 aliphatic rings. The van der Waals surface area contributed by atoms with E-state index in [9.17, 15) is 4.79 Å². The summed E-state index contributed by atoms with van der Waals surface area (Å²) in [5.41, 5.74) is 6.92. The molecule has 2 N–H and O–H groups in total. The Morgan fingerprint density at radius 3 is 2.42 bits per heavy atom. The van der Waals surface area contributed by atoms with Crippen LogP contribution in [0.25, 0.3) is 0 Å². The van der Waals surface area contributed by atoms with Crippen LogP contribution in [0, 0.1) is 11.8 Å². The molecule has 3 heteroatoms. The van der Waals surface area contributed by atoms with Gasteiger partial charge in [0.2, 0.25) is 0 Å². The molecule has 0 fully saturated rings. The molecule has 0 aromatic heterocycles. The van der Waals surface area contributed by atoms with E-state index in [0.29, 0.717) is 12.1 Å². The maximum absolute atomic E-state index is 12.4. The van der Waals surface area contributed by atoms with Crippen molar-refractivity contribution in [3.05, 3.63) is 35.4 Å². The van der Waals surface area contributed by atoms with Gasteiger partial charge in [-0.1, -0.05) is 18.8 Å². The fourth-order valence-electron chi connectivity index (χ4n) is 1.85. The molecule has 1 amide bonds. The number of hydrogen-bond acceptors (Lipinski definition) is 2. The molecule has 1 aromatic carbocycles. The third kappa shape index (κ3) is 4.42. The van der Waals surface area contributed by atoms with Crippen molar-refractivity contribution in [3.8, 4) is 11.8 Å². The lowest BCUT2D eigenvalue weighted by Gasteiger charge is -2.26. The van der Waals surface area contributed by atoms with E-state index in [1.54, 1.807) is 0 Å². The van der Waals surface area contributed by atoms with Crippen LogP contribution < -0.4 is 5.73 Å². The second-order valence-corrected chi connectivity index (χ2v) is 4.68. The molecule has 0 saturated heterocycles. The van der Waals surface area contributed by atoms with Crippen LogP contribution in [0.5, 0.6) is 0 Å². The van der Waals surface area contributed by atoms with E-state index in [2.05, 4.69) is 18.8 Å². The van der Waals surface area contributed by atoms with Crippen LogP contribution in [0.15, 0.2) is 24.3 Å². The van der Waals surface area contributed by atoms with E-state index in [0.717, 1.165) is 18.5 Å². The Morgan fingerprint density at radius 2 is 1.95 bits per heavy atom. The molecule has 0 heterocycles. The summed E-state index contributed by atoms with van der Waals surface area (Å²) in [7, 11) is 0. The monoisotopic (exact) mass is 258 g/mol. The Hall–Kier alpha value is -1.79. The van der Waals surface area contributed by atoms with Crippen molar-refractivity contribution in [2.75, 3.05) is 13.1 Å². The number of benzene rings is 1. The van der Waals surface area contributed by atoms with Crippen LogP contribution in [0.3, 0.4) is 0 Å². The zero-order chi connectivity index (χ0) is 14.3. The number of nitrogens with two attached hydrogens (primary N) is 1. The number of hydrogen-bond donors (Lipinski definition) is 1. The van der Waals surface area contributed by atoms with Crippen LogP contribution in [0.1, 0.15) is 43.1 Å². The van der Waals surface area contributed by atoms with Crippen molar-refractivity contribution in [3.63, 3.8) is 0 Å². The zero-order valence-electron chi connectivity index (χ0n) is 11.9. The highest BCUT2D eigenvalue weighted by Crippen LogP contribution is 2.10. The van der Waals surface area contributed by atoms with Gasteiger partial charge in [-0.25, -0.2) is 0 Å². The molecule has 0 saturated carbocycles. The normalized spacial score (nSPS) is 9.95. The fourth-order valence-corrected chi connectivity index (χ4v) is 1.85. The van der Waals surface area contributed by atoms with Crippen molar-refractivity contribution in [1.29, 1.82) is 0 Å². The zero-order valence-corrected chi connectivity index (χ0v) is 11.9. The minimum atomic E-state index is 0.0789. The van der Waals surface area contributed by atoms with Crippen molar-refractivity contribution in [2.24, 2.45) is 5.73 Å². The van der Waals surface area contributed by atoms with Crippen LogP contribution in [0.4, 0.5) is 0 Å². The molecule has 3 nitrogen and oxygen atoms in total. The van der Waals surface area contributed by atoms with E-state index >= 15 is 0 Å². The Kier molecular flexibility index (Phi) is 6.11. The van der Waals surface area contributed by atoms with Gasteiger partial charge in [0.05, 0.1) is 6.54 Å². The van der Waals surface area contributed by atoms with Crippen molar-refractivity contribution in [2.45, 2.75) is 33.2 Å². The quantitative estimate of drug-likeness (QED) is 0.842. The largest absolute Gasteiger partial charge is 0.336 e. The summed E-state index contributed by atoms with van der Waals surface area (Å²) in [5, 5.41) is 0. The highest BCUT2D eigenvalue weighted by Gasteiger charge is 2.17. The number of rotatable bonds is 4. The van der Waals surface area contributed by atoms with Gasteiger partial charge in [-0.3, -0.25) is 4.79 Å². The maximum atomic E-state index is 12.4. The Balaban J connectivity index is 2.87. The first-order valence-electron chi connectivity index (χ1n) is 6.70. The average Bonchev–Trinajstić information content (AvgIpc) is 2.42. The fraction of sp³-hybridized carbons (Fsp3) is 0.438. The predicted molar refractivity (Wildman–Crippen MR) is 78.8 cm³/mol. The first kappa shape index (κ1) is 15.3. The molecule has 0 aliphatic carbocycles. The molecule has 1 rings (SSSR count). The van der Waals surface area contributed by atoms with Gasteiger partial charge in [-0.05, 0) is 44.5 Å². The van der Waals surface area contributed by atoms with Crippen molar-refractivity contribution >= 4 is 5.91 Å². The Labute approximate surface area is 115 Å². The van der Waals surface area contributed by atoms with Gasteiger partial charge >= 0.3 is 0 Å². The molecule has 0 spiro atoms. The molecule has 0 bridgehead atoms. The molecular formula is C16H22N2O. The number of carbonyl (C=O) groups excluding carboxylic acids is 1. The minimum Gasteiger partial charge on any atom is -0.336 e. The Morgan fingerprint density at radius 1 is 1.32 bits per heavy atom. The third-order valence-corrected chi connectivity index (χ3v) is 2.82. The summed E-state index contributed by atoms with van der Waals surface area (Å²) in [4.78, 5) is 14.3. The second-order valence-electron chi connectivity index (χ2n) is 4.68. The van der Waals surface area contributed by atoms with Gasteiger partial charge < -0.3 is 10.6 Å². The van der Waals surface area contributed by atoms with Crippen LogP contribution in [0.2, 0.25) is 0 Å². The maximum Gasteiger partial charge on any atom is 0.254 e. The summed E-state index contributed by atoms with van der Waals surface area (Å²) < 4.78 is 0. The summed E-state index contributed by atoms with van der Waals surface area (Å²) in [6.07, 6.45) is 0.962. The summed E-state index contributed by atoms with van der Waals surface area (Å²) in [6, 6.07) is 7.59. The van der Waals surface area contributed by atoms with Crippen molar-refractivity contribution < 1.29 is 4.79 Å². The molecule has 0 aliphatic heterocycles. The summed E-state index contributed by atoms with van der Waals surface area (Å²) >= 11 is 0. The van der Waals surface area contributed by atoms with Crippen LogP contribution >= 0.6 is 0 Å². The first-order chi connectivity index (χ1) is 9.10. The topological polar surface area (TPSA) is 46.3 Å². The van der Waals surface area contributed by atoms with E-state index in [4.69, 9.17) is 5.73 Å². The highest BCUT2D eigenvalue weighted by molar-refractivity contribution is 5.94. The lowest BCUT2D eigenvalue weighted by molar-refractivity contribution is 0.0706. The molecule has 0 atom stereocenters. The van der Waals surface area contributed by atoms with Gasteiger partial charge in [-0.15, -0.1) is 0 Å². The lowest BCUT2D eigenvalue weighted by atomic mass is 10.1. The van der Waals surface area contributed by atoms with Gasteiger partial charge in [0, 0.05) is 23.7 Å². The number of nitrogens with zero attached hydrogens (tertiary/aromatic N) is 1. The molecule has 0 radical (unpaired) electrons. The third-order valence-electron chi connectivity index (χ3n) is 2.82. The van der Waals surface area contributed by atoms with Gasteiger partial charge in [0.25, 0.3) is 5.91 Å². The first-order valence-corrected chi connectivity index (χ1v) is 6.70. The second kappa shape index (κ2) is 7.60. The van der Waals surface area contributed by atoms with Crippen LogP contribution in [-0.4, -0.2) is 29.9 Å². The summed E-state index contributed by atoms with van der Waals surface area (Å²) in [5.74, 6) is 5.82. The summed E-state index contributed by atoms with van der Waals surface area (Å²) in [6.45, 7) is 7.28. The minimum absolute atomic E-state index is 0.0789. The smallest absolute Gasteiger partial charge is 0.254 e.